The molecule has 0 saturated carbocycles. The van der Waals surface area contributed by atoms with Crippen LogP contribution in [-0.4, -0.2) is 46.8 Å². The molecule has 0 spiro atoms. The smallest absolute Gasteiger partial charge is 0.352 e. The van der Waals surface area contributed by atoms with E-state index in [1.807, 2.05) is 20.9 Å². The van der Waals surface area contributed by atoms with Gasteiger partial charge < -0.3 is 10.2 Å². The summed E-state index contributed by atoms with van der Waals surface area (Å²) in [7, 11) is 3.30. The number of halogens is 3. The average molecular weight is 306 g/mol. The van der Waals surface area contributed by atoms with Gasteiger partial charge in [-0.1, -0.05) is 0 Å². The van der Waals surface area contributed by atoms with E-state index >= 15 is 0 Å². The number of carbonyl (C=O) groups excluding carboxylic acids is 1. The van der Waals surface area contributed by atoms with Crippen molar-refractivity contribution in [2.24, 2.45) is 7.05 Å². The van der Waals surface area contributed by atoms with Gasteiger partial charge in [-0.2, -0.15) is 18.3 Å². The van der Waals surface area contributed by atoms with Crippen LogP contribution in [0.2, 0.25) is 0 Å². The van der Waals surface area contributed by atoms with Gasteiger partial charge >= 0.3 is 6.18 Å². The maximum atomic E-state index is 12.7. The third-order valence-electron chi connectivity index (χ3n) is 3.20. The van der Waals surface area contributed by atoms with Gasteiger partial charge in [0.15, 0.2) is 5.69 Å². The van der Waals surface area contributed by atoms with Crippen molar-refractivity contribution in [1.29, 1.82) is 0 Å². The molecule has 1 aromatic rings. The zero-order chi connectivity index (χ0) is 16.2. The average Bonchev–Trinajstić information content (AvgIpc) is 2.76. The Bertz CT molecular complexity index is 482. The summed E-state index contributed by atoms with van der Waals surface area (Å²) in [6.45, 7) is 5.17. The second-order valence-corrected chi connectivity index (χ2v) is 5.25. The zero-order valence-electron chi connectivity index (χ0n) is 12.7. The Hall–Kier alpha value is -1.57. The van der Waals surface area contributed by atoms with E-state index in [0.717, 1.165) is 17.4 Å². The van der Waals surface area contributed by atoms with E-state index in [0.29, 0.717) is 19.0 Å². The van der Waals surface area contributed by atoms with E-state index in [1.54, 1.807) is 0 Å². The number of carbonyl (C=O) groups is 1. The summed E-state index contributed by atoms with van der Waals surface area (Å²) in [6, 6.07) is 0.385. The fourth-order valence-electron chi connectivity index (χ4n) is 1.75. The first-order valence-electron chi connectivity index (χ1n) is 6.72. The largest absolute Gasteiger partial charge is 0.435 e. The fraction of sp³-hybridized carbons (Fsp3) is 0.692. The highest BCUT2D eigenvalue weighted by Gasteiger charge is 2.38. The predicted molar refractivity (Wildman–Crippen MR) is 72.9 cm³/mol. The monoisotopic (exact) mass is 306 g/mol. The molecule has 0 atom stereocenters. The number of rotatable bonds is 6. The molecule has 0 aliphatic rings. The van der Waals surface area contributed by atoms with Crippen LogP contribution in [0.25, 0.3) is 0 Å². The maximum absolute atomic E-state index is 12.7. The van der Waals surface area contributed by atoms with Crippen LogP contribution in [0.5, 0.6) is 0 Å². The van der Waals surface area contributed by atoms with Crippen molar-refractivity contribution in [2.45, 2.75) is 32.5 Å². The van der Waals surface area contributed by atoms with Gasteiger partial charge in [-0.25, -0.2) is 0 Å². The van der Waals surface area contributed by atoms with Crippen molar-refractivity contribution in [3.05, 3.63) is 17.5 Å². The van der Waals surface area contributed by atoms with Gasteiger partial charge in [-0.15, -0.1) is 0 Å². The summed E-state index contributed by atoms with van der Waals surface area (Å²) >= 11 is 0. The Morgan fingerprint density at radius 2 is 2.10 bits per heavy atom. The molecule has 21 heavy (non-hydrogen) atoms. The molecule has 0 radical (unpaired) electrons. The molecule has 0 fully saturated rings. The minimum atomic E-state index is -4.63. The summed E-state index contributed by atoms with van der Waals surface area (Å²) in [5.41, 5.74) is -1.59. The third-order valence-corrected chi connectivity index (χ3v) is 3.20. The van der Waals surface area contributed by atoms with E-state index in [-0.39, 0.29) is 0 Å². The number of nitrogens with zero attached hydrogens (tertiary/aromatic N) is 3. The topological polar surface area (TPSA) is 50.2 Å². The van der Waals surface area contributed by atoms with Gasteiger partial charge in [-0.05, 0) is 33.9 Å². The first kappa shape index (κ1) is 17.5. The lowest BCUT2D eigenvalue weighted by molar-refractivity contribution is -0.141. The number of amides is 1. The van der Waals surface area contributed by atoms with Crippen LogP contribution in [0.3, 0.4) is 0 Å². The van der Waals surface area contributed by atoms with E-state index < -0.39 is 23.3 Å². The molecule has 0 aliphatic heterocycles. The predicted octanol–water partition coefficient (Wildman–Crippen LogP) is 1.90. The van der Waals surface area contributed by atoms with Crippen molar-refractivity contribution >= 4 is 5.91 Å². The Labute approximate surface area is 122 Å². The Kier molecular flexibility index (Phi) is 5.77. The van der Waals surface area contributed by atoms with E-state index in [4.69, 9.17) is 0 Å². The molecule has 1 rings (SSSR count). The summed E-state index contributed by atoms with van der Waals surface area (Å²) in [5, 5.41) is 5.81. The van der Waals surface area contributed by atoms with Crippen molar-refractivity contribution in [3.63, 3.8) is 0 Å². The van der Waals surface area contributed by atoms with E-state index in [9.17, 15) is 18.0 Å². The summed E-state index contributed by atoms with van der Waals surface area (Å²) < 4.78 is 39.2. The van der Waals surface area contributed by atoms with Gasteiger partial charge in [0.25, 0.3) is 5.91 Å². The Morgan fingerprint density at radius 1 is 1.48 bits per heavy atom. The first-order chi connectivity index (χ1) is 9.62. The zero-order valence-corrected chi connectivity index (χ0v) is 12.7. The molecule has 120 valence electrons. The number of hydrogen-bond donors (Lipinski definition) is 1. The number of nitrogens with one attached hydrogen (secondary N) is 1. The second-order valence-electron chi connectivity index (χ2n) is 5.25. The maximum Gasteiger partial charge on any atom is 0.435 e. The van der Waals surface area contributed by atoms with Crippen molar-refractivity contribution in [1.82, 2.24) is 20.0 Å². The van der Waals surface area contributed by atoms with Crippen molar-refractivity contribution < 1.29 is 18.0 Å². The van der Waals surface area contributed by atoms with Gasteiger partial charge in [0.1, 0.15) is 0 Å². The molecule has 1 aromatic heterocycles. The molecular formula is C13H21F3N4O. The Morgan fingerprint density at radius 3 is 2.62 bits per heavy atom. The molecule has 0 aromatic carbocycles. The molecule has 1 N–H and O–H groups in total. The third kappa shape index (κ3) is 5.04. The summed E-state index contributed by atoms with van der Waals surface area (Å²) in [5.74, 6) is -0.748. The van der Waals surface area contributed by atoms with Crippen LogP contribution in [0.4, 0.5) is 13.2 Å². The van der Waals surface area contributed by atoms with Crippen LogP contribution in [-0.2, 0) is 13.2 Å². The van der Waals surface area contributed by atoms with Crippen LogP contribution >= 0.6 is 0 Å². The fourth-order valence-corrected chi connectivity index (χ4v) is 1.75. The lowest BCUT2D eigenvalue weighted by atomic mass is 10.2. The highest BCUT2D eigenvalue weighted by molar-refractivity contribution is 5.95. The van der Waals surface area contributed by atoms with E-state index in [2.05, 4.69) is 15.3 Å². The van der Waals surface area contributed by atoms with E-state index in [1.165, 1.54) is 7.05 Å². The molecule has 0 saturated heterocycles. The number of hydrogen-bond acceptors (Lipinski definition) is 3. The number of aryl methyl sites for hydroxylation is 1. The quantitative estimate of drug-likeness (QED) is 0.817. The lowest BCUT2D eigenvalue weighted by Gasteiger charge is -2.20. The molecule has 0 aliphatic carbocycles. The summed E-state index contributed by atoms with van der Waals surface area (Å²) in [6.07, 6.45) is -2.88. The summed E-state index contributed by atoms with van der Waals surface area (Å²) in [4.78, 5) is 13.9. The molecular weight excluding hydrogens is 285 g/mol. The standard InChI is InChI=1S/C13H21F3N4O/c1-9(2)19(3)7-5-6-17-12(21)10-8-20(4)18-11(10)13(14,15)16/h8-9H,5-7H2,1-4H3,(H,17,21). The van der Waals surface area contributed by atoms with Gasteiger partial charge in [0.2, 0.25) is 0 Å². The van der Waals surface area contributed by atoms with Gasteiger partial charge in [0.05, 0.1) is 5.56 Å². The van der Waals surface area contributed by atoms with Gasteiger partial charge in [-0.3, -0.25) is 9.48 Å². The number of alkyl halides is 3. The second kappa shape index (κ2) is 6.93. The number of aromatic nitrogens is 2. The molecule has 0 unspecified atom stereocenters. The van der Waals surface area contributed by atoms with Gasteiger partial charge in [0, 0.05) is 25.8 Å². The lowest BCUT2D eigenvalue weighted by Crippen LogP contribution is -2.31. The van der Waals surface area contributed by atoms with Crippen molar-refractivity contribution in [3.8, 4) is 0 Å². The minimum Gasteiger partial charge on any atom is -0.352 e. The molecule has 5 nitrogen and oxygen atoms in total. The molecule has 8 heteroatoms. The Balaban J connectivity index is 2.57. The van der Waals surface area contributed by atoms with Crippen LogP contribution in [0.1, 0.15) is 36.3 Å². The SMILES string of the molecule is CC(C)N(C)CCCNC(=O)c1cn(C)nc1C(F)(F)F. The van der Waals surface area contributed by atoms with Crippen molar-refractivity contribution in [2.75, 3.05) is 20.1 Å². The molecule has 1 heterocycles. The van der Waals surface area contributed by atoms with Crippen LogP contribution in [0, 0.1) is 0 Å². The minimum absolute atomic E-state index is 0.322. The highest BCUT2D eigenvalue weighted by Crippen LogP contribution is 2.30. The normalized spacial score (nSPS) is 12.2. The molecule has 0 bridgehead atoms. The molecule has 1 amide bonds. The van der Waals surface area contributed by atoms with Crippen LogP contribution < -0.4 is 5.32 Å². The first-order valence-corrected chi connectivity index (χ1v) is 6.72. The highest BCUT2D eigenvalue weighted by atomic mass is 19.4. The van der Waals surface area contributed by atoms with Crippen LogP contribution in [0.15, 0.2) is 6.20 Å².